The van der Waals surface area contributed by atoms with E-state index in [0.29, 0.717) is 19.0 Å². The van der Waals surface area contributed by atoms with Crippen LogP contribution in [-0.2, 0) is 9.59 Å². The number of hydrogen-bond donors (Lipinski definition) is 3. The molecule has 3 atom stereocenters. The van der Waals surface area contributed by atoms with Gasteiger partial charge < -0.3 is 16.4 Å². The minimum Gasteiger partial charge on any atom is -0.355 e. The largest absolute Gasteiger partial charge is 0.355 e. The molecule has 0 heterocycles. The van der Waals surface area contributed by atoms with Gasteiger partial charge in [0.15, 0.2) is 0 Å². The molecular formula is C12H23N3O2. The lowest BCUT2D eigenvalue weighted by Crippen LogP contribution is -2.42. The van der Waals surface area contributed by atoms with E-state index in [1.165, 1.54) is 6.92 Å². The lowest BCUT2D eigenvalue weighted by Gasteiger charge is -2.31. The van der Waals surface area contributed by atoms with E-state index in [2.05, 4.69) is 17.6 Å². The van der Waals surface area contributed by atoms with E-state index >= 15 is 0 Å². The Kier molecular flexibility index (Phi) is 5.41. The first-order chi connectivity index (χ1) is 8.00. The molecule has 0 aromatic heterocycles. The normalized spacial score (nSPS) is 28.5. The molecule has 1 saturated carbocycles. The van der Waals surface area contributed by atoms with Crippen LogP contribution in [0.5, 0.6) is 0 Å². The molecule has 98 valence electrons. The highest BCUT2D eigenvalue weighted by molar-refractivity contribution is 5.78. The van der Waals surface area contributed by atoms with E-state index in [1.807, 2.05) is 0 Å². The first-order valence-electron chi connectivity index (χ1n) is 6.28. The van der Waals surface area contributed by atoms with Gasteiger partial charge in [0.1, 0.15) is 0 Å². The van der Waals surface area contributed by atoms with Gasteiger partial charge in [-0.3, -0.25) is 9.59 Å². The Morgan fingerprint density at radius 3 is 2.47 bits per heavy atom. The highest BCUT2D eigenvalue weighted by Crippen LogP contribution is 2.27. The first kappa shape index (κ1) is 14.0. The van der Waals surface area contributed by atoms with Crippen molar-refractivity contribution in [2.75, 3.05) is 13.1 Å². The van der Waals surface area contributed by atoms with Crippen LogP contribution in [0.25, 0.3) is 0 Å². The quantitative estimate of drug-likeness (QED) is 0.606. The van der Waals surface area contributed by atoms with Crippen molar-refractivity contribution in [1.29, 1.82) is 0 Å². The molecule has 1 fully saturated rings. The molecule has 5 nitrogen and oxygen atoms in total. The van der Waals surface area contributed by atoms with Crippen LogP contribution in [0.3, 0.4) is 0 Å². The number of carbonyl (C=O) groups is 2. The summed E-state index contributed by atoms with van der Waals surface area (Å²) in [6, 6.07) is 0.235. The van der Waals surface area contributed by atoms with Crippen molar-refractivity contribution < 1.29 is 9.59 Å². The van der Waals surface area contributed by atoms with Crippen molar-refractivity contribution in [3.63, 3.8) is 0 Å². The third-order valence-electron chi connectivity index (χ3n) is 3.40. The van der Waals surface area contributed by atoms with Crippen LogP contribution in [0.2, 0.25) is 0 Å². The standard InChI is InChI=1S/C12H23N3O2/c1-8-7-10(3-4-11(8)13)12(17)15-6-5-14-9(2)16/h8,10-11H,3-7,13H2,1-2H3,(H,14,16)(H,15,17). The molecule has 4 N–H and O–H groups in total. The summed E-state index contributed by atoms with van der Waals surface area (Å²) in [5.41, 5.74) is 5.92. The molecule has 5 heteroatoms. The zero-order chi connectivity index (χ0) is 12.8. The monoisotopic (exact) mass is 241 g/mol. The second-order valence-corrected chi connectivity index (χ2v) is 4.93. The molecule has 0 bridgehead atoms. The Hall–Kier alpha value is -1.10. The highest BCUT2D eigenvalue weighted by Gasteiger charge is 2.29. The smallest absolute Gasteiger partial charge is 0.223 e. The predicted molar refractivity (Wildman–Crippen MR) is 66.2 cm³/mol. The summed E-state index contributed by atoms with van der Waals surface area (Å²) >= 11 is 0. The lowest BCUT2D eigenvalue weighted by molar-refractivity contribution is -0.126. The molecule has 0 radical (unpaired) electrons. The molecule has 1 rings (SSSR count). The summed E-state index contributed by atoms with van der Waals surface area (Å²) in [7, 11) is 0. The molecule has 0 aromatic carbocycles. The van der Waals surface area contributed by atoms with Gasteiger partial charge in [-0.25, -0.2) is 0 Å². The maximum absolute atomic E-state index is 11.8. The van der Waals surface area contributed by atoms with Crippen molar-refractivity contribution in [3.05, 3.63) is 0 Å². The third kappa shape index (κ3) is 4.73. The minimum absolute atomic E-state index is 0.0727. The van der Waals surface area contributed by atoms with Gasteiger partial charge in [0, 0.05) is 32.0 Å². The number of carbonyl (C=O) groups excluding carboxylic acids is 2. The second-order valence-electron chi connectivity index (χ2n) is 4.93. The Bertz CT molecular complexity index is 281. The molecule has 1 aliphatic rings. The van der Waals surface area contributed by atoms with Crippen LogP contribution in [0.1, 0.15) is 33.1 Å². The van der Waals surface area contributed by atoms with Crippen molar-refractivity contribution in [2.24, 2.45) is 17.6 Å². The van der Waals surface area contributed by atoms with Crippen LogP contribution < -0.4 is 16.4 Å². The van der Waals surface area contributed by atoms with Crippen LogP contribution in [0.15, 0.2) is 0 Å². The topological polar surface area (TPSA) is 84.2 Å². The van der Waals surface area contributed by atoms with Gasteiger partial charge in [0.05, 0.1) is 0 Å². The Morgan fingerprint density at radius 2 is 1.88 bits per heavy atom. The van der Waals surface area contributed by atoms with E-state index in [-0.39, 0.29) is 23.8 Å². The van der Waals surface area contributed by atoms with Crippen molar-refractivity contribution in [2.45, 2.75) is 39.2 Å². The van der Waals surface area contributed by atoms with Crippen molar-refractivity contribution in [3.8, 4) is 0 Å². The van der Waals surface area contributed by atoms with Crippen LogP contribution in [-0.4, -0.2) is 30.9 Å². The predicted octanol–water partition coefficient (Wildman–Crippen LogP) is 0.00220. The maximum Gasteiger partial charge on any atom is 0.223 e. The van der Waals surface area contributed by atoms with Crippen LogP contribution in [0, 0.1) is 11.8 Å². The summed E-state index contributed by atoms with van der Waals surface area (Å²) in [6.45, 7) is 4.55. The third-order valence-corrected chi connectivity index (χ3v) is 3.40. The molecule has 0 aliphatic heterocycles. The highest BCUT2D eigenvalue weighted by atomic mass is 16.2. The van der Waals surface area contributed by atoms with Gasteiger partial charge in [0.2, 0.25) is 11.8 Å². The molecule has 0 aromatic rings. The fourth-order valence-corrected chi connectivity index (χ4v) is 2.23. The Morgan fingerprint density at radius 1 is 1.24 bits per heavy atom. The summed E-state index contributed by atoms with van der Waals surface area (Å²) in [4.78, 5) is 22.5. The SMILES string of the molecule is CC(=O)NCCNC(=O)C1CCC(N)C(C)C1. The van der Waals surface area contributed by atoms with Gasteiger partial charge in [-0.05, 0) is 25.2 Å². The minimum atomic E-state index is -0.0727. The second kappa shape index (κ2) is 6.59. The number of nitrogens with one attached hydrogen (secondary N) is 2. The fourth-order valence-electron chi connectivity index (χ4n) is 2.23. The summed E-state index contributed by atoms with van der Waals surface area (Å²) in [5, 5.41) is 5.49. The average Bonchev–Trinajstić information content (AvgIpc) is 2.27. The number of rotatable bonds is 4. The van der Waals surface area contributed by atoms with Gasteiger partial charge >= 0.3 is 0 Å². The molecule has 17 heavy (non-hydrogen) atoms. The molecule has 0 saturated heterocycles. The Balaban J connectivity index is 2.21. The summed E-state index contributed by atoms with van der Waals surface area (Å²) in [5.74, 6) is 0.516. The lowest BCUT2D eigenvalue weighted by atomic mass is 9.79. The van der Waals surface area contributed by atoms with Gasteiger partial charge in [-0.1, -0.05) is 6.92 Å². The zero-order valence-electron chi connectivity index (χ0n) is 10.7. The van der Waals surface area contributed by atoms with Gasteiger partial charge in [-0.2, -0.15) is 0 Å². The number of nitrogens with two attached hydrogens (primary N) is 1. The molecule has 0 spiro atoms. The fraction of sp³-hybridized carbons (Fsp3) is 0.833. The van der Waals surface area contributed by atoms with E-state index in [1.54, 1.807) is 0 Å². The molecule has 3 unspecified atom stereocenters. The van der Waals surface area contributed by atoms with Gasteiger partial charge in [0.25, 0.3) is 0 Å². The zero-order valence-corrected chi connectivity index (χ0v) is 10.7. The average molecular weight is 241 g/mol. The summed E-state index contributed by atoms with van der Waals surface area (Å²) in [6.07, 6.45) is 2.66. The molecular weight excluding hydrogens is 218 g/mol. The van der Waals surface area contributed by atoms with Gasteiger partial charge in [-0.15, -0.1) is 0 Å². The van der Waals surface area contributed by atoms with E-state index < -0.39 is 0 Å². The molecule has 1 aliphatic carbocycles. The maximum atomic E-state index is 11.8. The van der Waals surface area contributed by atoms with E-state index in [9.17, 15) is 9.59 Å². The van der Waals surface area contributed by atoms with Crippen molar-refractivity contribution in [1.82, 2.24) is 10.6 Å². The van der Waals surface area contributed by atoms with E-state index in [0.717, 1.165) is 19.3 Å². The van der Waals surface area contributed by atoms with E-state index in [4.69, 9.17) is 5.73 Å². The molecule has 2 amide bonds. The Labute approximate surface area is 103 Å². The van der Waals surface area contributed by atoms with Crippen LogP contribution >= 0.6 is 0 Å². The first-order valence-corrected chi connectivity index (χ1v) is 6.28. The van der Waals surface area contributed by atoms with Crippen LogP contribution in [0.4, 0.5) is 0 Å². The summed E-state index contributed by atoms with van der Waals surface area (Å²) < 4.78 is 0. The van der Waals surface area contributed by atoms with Crippen molar-refractivity contribution >= 4 is 11.8 Å². The number of hydrogen-bond acceptors (Lipinski definition) is 3. The number of amides is 2.